The summed E-state index contributed by atoms with van der Waals surface area (Å²) >= 11 is 1.46. The molecule has 2 rings (SSSR count). The van der Waals surface area contributed by atoms with E-state index in [9.17, 15) is 9.59 Å². The number of ether oxygens (including phenoxy) is 1. The topological polar surface area (TPSA) is 67.4 Å². The fourth-order valence-corrected chi connectivity index (χ4v) is 2.77. The van der Waals surface area contributed by atoms with E-state index < -0.39 is 17.7 Å². The van der Waals surface area contributed by atoms with Gasteiger partial charge in [0.05, 0.1) is 0 Å². The molecule has 2 aromatic rings. The predicted octanol–water partition coefficient (Wildman–Crippen LogP) is 4.26. The van der Waals surface area contributed by atoms with Gasteiger partial charge in [0.2, 0.25) is 0 Å². The molecule has 2 N–H and O–H groups in total. The molecule has 0 spiro atoms. The first-order chi connectivity index (χ1) is 11.3. The highest BCUT2D eigenvalue weighted by atomic mass is 32.1. The van der Waals surface area contributed by atoms with E-state index in [1.165, 1.54) is 11.3 Å². The highest BCUT2D eigenvalue weighted by Gasteiger charge is 2.26. The van der Waals surface area contributed by atoms with Crippen LogP contribution in [0, 0.1) is 6.92 Å². The van der Waals surface area contributed by atoms with E-state index >= 15 is 0 Å². The lowest BCUT2D eigenvalue weighted by atomic mass is 10.1. The molecule has 0 bridgehead atoms. The first-order valence-electron chi connectivity index (χ1n) is 7.64. The summed E-state index contributed by atoms with van der Waals surface area (Å²) in [6.45, 7) is 7.25. The number of hydrogen-bond acceptors (Lipinski definition) is 4. The Hall–Kier alpha value is -2.34. The minimum absolute atomic E-state index is 0.312. The highest BCUT2D eigenvalue weighted by Crippen LogP contribution is 2.21. The van der Waals surface area contributed by atoms with E-state index in [2.05, 4.69) is 10.6 Å². The SMILES string of the molecule is Cc1ccccc1NC(=O)C(NC(=O)OC(C)(C)C)c1ccsc1. The Morgan fingerprint density at radius 3 is 2.46 bits per heavy atom. The second-order valence-electron chi connectivity index (χ2n) is 6.44. The summed E-state index contributed by atoms with van der Waals surface area (Å²) in [6, 6.07) is 8.49. The molecular weight excluding hydrogens is 324 g/mol. The molecule has 0 fully saturated rings. The molecule has 128 valence electrons. The standard InChI is InChI=1S/C18H22N2O3S/c1-12-7-5-6-8-14(12)19-16(21)15(13-9-10-24-11-13)20-17(22)23-18(2,3)4/h5-11,15H,1-4H3,(H,19,21)(H,20,22). The maximum atomic E-state index is 12.7. The average molecular weight is 346 g/mol. The summed E-state index contributed by atoms with van der Waals surface area (Å²) < 4.78 is 5.26. The van der Waals surface area contributed by atoms with Crippen LogP contribution >= 0.6 is 11.3 Å². The van der Waals surface area contributed by atoms with E-state index in [4.69, 9.17) is 4.74 Å². The lowest BCUT2D eigenvalue weighted by Gasteiger charge is -2.23. The molecule has 24 heavy (non-hydrogen) atoms. The Labute approximate surface area is 146 Å². The molecule has 2 amide bonds. The Kier molecular flexibility index (Phi) is 5.62. The summed E-state index contributed by atoms with van der Waals surface area (Å²) in [6.07, 6.45) is -0.626. The number of benzene rings is 1. The Morgan fingerprint density at radius 2 is 1.88 bits per heavy atom. The van der Waals surface area contributed by atoms with Gasteiger partial charge in [0, 0.05) is 5.69 Å². The van der Waals surface area contributed by atoms with Crippen LogP contribution in [0.25, 0.3) is 0 Å². The van der Waals surface area contributed by atoms with Crippen molar-refractivity contribution in [3.05, 3.63) is 52.2 Å². The van der Waals surface area contributed by atoms with E-state index in [-0.39, 0.29) is 5.91 Å². The Balaban J connectivity index is 2.16. The van der Waals surface area contributed by atoms with E-state index in [1.54, 1.807) is 20.8 Å². The van der Waals surface area contributed by atoms with Gasteiger partial charge in [-0.05, 0) is 61.7 Å². The van der Waals surface area contributed by atoms with Gasteiger partial charge in [0.25, 0.3) is 5.91 Å². The molecule has 0 radical (unpaired) electrons. The monoisotopic (exact) mass is 346 g/mol. The van der Waals surface area contributed by atoms with Gasteiger partial charge in [0.1, 0.15) is 11.6 Å². The number of carbonyl (C=O) groups excluding carboxylic acids is 2. The molecule has 5 nitrogen and oxygen atoms in total. The van der Waals surface area contributed by atoms with Gasteiger partial charge in [0.15, 0.2) is 0 Å². The average Bonchev–Trinajstić information content (AvgIpc) is 2.99. The number of thiophene rings is 1. The fraction of sp³-hybridized carbons (Fsp3) is 0.333. The zero-order chi connectivity index (χ0) is 17.7. The first-order valence-corrected chi connectivity index (χ1v) is 8.58. The number of nitrogens with one attached hydrogen (secondary N) is 2. The molecule has 0 aliphatic heterocycles. The van der Waals surface area contributed by atoms with Gasteiger partial charge in [-0.2, -0.15) is 11.3 Å². The molecule has 1 aromatic heterocycles. The normalized spacial score (nSPS) is 12.3. The number of aryl methyl sites for hydroxylation is 1. The molecule has 0 aliphatic rings. The third-order valence-corrected chi connectivity index (χ3v) is 3.90. The zero-order valence-corrected chi connectivity index (χ0v) is 15.1. The van der Waals surface area contributed by atoms with E-state index in [0.29, 0.717) is 5.69 Å². The van der Waals surface area contributed by atoms with Crippen LogP contribution < -0.4 is 10.6 Å². The molecule has 1 atom stereocenters. The summed E-state index contributed by atoms with van der Waals surface area (Å²) in [5.41, 5.74) is 1.76. The summed E-state index contributed by atoms with van der Waals surface area (Å²) in [5.74, 6) is -0.312. The number of hydrogen-bond donors (Lipinski definition) is 2. The van der Waals surface area contributed by atoms with Crippen LogP contribution in [0.15, 0.2) is 41.1 Å². The van der Waals surface area contributed by atoms with Crippen molar-refractivity contribution in [2.24, 2.45) is 0 Å². The number of carbonyl (C=O) groups is 2. The van der Waals surface area contributed by atoms with Crippen LogP contribution in [-0.4, -0.2) is 17.6 Å². The van der Waals surface area contributed by atoms with Crippen LogP contribution in [0.3, 0.4) is 0 Å². The lowest BCUT2D eigenvalue weighted by molar-refractivity contribution is -0.118. The van der Waals surface area contributed by atoms with Gasteiger partial charge in [-0.15, -0.1) is 0 Å². The fourth-order valence-electron chi connectivity index (χ4n) is 2.08. The van der Waals surface area contributed by atoms with Crippen LogP contribution in [0.4, 0.5) is 10.5 Å². The lowest BCUT2D eigenvalue weighted by Crippen LogP contribution is -2.40. The van der Waals surface area contributed by atoms with Crippen LogP contribution in [0.5, 0.6) is 0 Å². The molecule has 0 saturated heterocycles. The van der Waals surface area contributed by atoms with Gasteiger partial charge in [-0.1, -0.05) is 18.2 Å². The quantitative estimate of drug-likeness (QED) is 0.869. The molecule has 6 heteroatoms. The van der Waals surface area contributed by atoms with Crippen molar-refractivity contribution in [3.8, 4) is 0 Å². The van der Waals surface area contributed by atoms with E-state index in [0.717, 1.165) is 11.1 Å². The maximum absolute atomic E-state index is 12.7. The maximum Gasteiger partial charge on any atom is 0.408 e. The second-order valence-corrected chi connectivity index (χ2v) is 7.22. The number of alkyl carbamates (subject to hydrolysis) is 1. The zero-order valence-electron chi connectivity index (χ0n) is 14.3. The molecule has 1 heterocycles. The van der Waals surface area contributed by atoms with Gasteiger partial charge in [-0.3, -0.25) is 4.79 Å². The van der Waals surface area contributed by atoms with Gasteiger partial charge in [-0.25, -0.2) is 4.79 Å². The van der Waals surface area contributed by atoms with Crippen LogP contribution in [0.1, 0.15) is 37.9 Å². The van der Waals surface area contributed by atoms with Crippen molar-refractivity contribution >= 4 is 29.0 Å². The second kappa shape index (κ2) is 7.49. The Bertz CT molecular complexity index is 705. The Morgan fingerprint density at radius 1 is 1.17 bits per heavy atom. The number of rotatable bonds is 4. The molecule has 0 saturated carbocycles. The summed E-state index contributed by atoms with van der Waals surface area (Å²) in [4.78, 5) is 24.8. The molecule has 1 aromatic carbocycles. The first kappa shape index (κ1) is 18.0. The van der Waals surface area contributed by atoms with Crippen molar-refractivity contribution < 1.29 is 14.3 Å². The van der Waals surface area contributed by atoms with Crippen molar-refractivity contribution in [3.63, 3.8) is 0 Å². The largest absolute Gasteiger partial charge is 0.444 e. The third-order valence-electron chi connectivity index (χ3n) is 3.20. The molecule has 0 aliphatic carbocycles. The van der Waals surface area contributed by atoms with Gasteiger partial charge < -0.3 is 15.4 Å². The summed E-state index contributed by atoms with van der Waals surface area (Å²) in [7, 11) is 0. The highest BCUT2D eigenvalue weighted by molar-refractivity contribution is 7.08. The predicted molar refractivity (Wildman–Crippen MR) is 96.2 cm³/mol. The van der Waals surface area contributed by atoms with Crippen molar-refractivity contribution in [2.75, 3.05) is 5.32 Å². The number of amides is 2. The van der Waals surface area contributed by atoms with Crippen molar-refractivity contribution in [1.29, 1.82) is 0 Å². The molecular formula is C18H22N2O3S. The third kappa shape index (κ3) is 5.09. The van der Waals surface area contributed by atoms with Crippen LogP contribution in [-0.2, 0) is 9.53 Å². The molecule has 1 unspecified atom stereocenters. The minimum Gasteiger partial charge on any atom is -0.444 e. The number of anilines is 1. The smallest absolute Gasteiger partial charge is 0.408 e. The van der Waals surface area contributed by atoms with Crippen LogP contribution in [0.2, 0.25) is 0 Å². The van der Waals surface area contributed by atoms with Crippen molar-refractivity contribution in [1.82, 2.24) is 5.32 Å². The van der Waals surface area contributed by atoms with Gasteiger partial charge >= 0.3 is 6.09 Å². The number of para-hydroxylation sites is 1. The minimum atomic E-state index is -0.814. The van der Waals surface area contributed by atoms with Crippen molar-refractivity contribution in [2.45, 2.75) is 39.3 Å². The summed E-state index contributed by atoms with van der Waals surface area (Å²) in [5, 5.41) is 9.21. The van der Waals surface area contributed by atoms with E-state index in [1.807, 2.05) is 48.0 Å².